The first kappa shape index (κ1) is 51.8. The number of nitrogens with zero attached hydrogens (tertiary/aromatic N) is 4. The van der Waals surface area contributed by atoms with Crippen molar-refractivity contribution in [2.24, 2.45) is 0 Å². The molecule has 13 aromatic carbocycles. The van der Waals surface area contributed by atoms with Crippen LogP contribution in [0, 0.1) is 0 Å². The second-order valence-corrected chi connectivity index (χ2v) is 30.0. The van der Waals surface area contributed by atoms with Gasteiger partial charge in [-0.15, -0.1) is 11.3 Å². The molecule has 3 aromatic heterocycles. The molecule has 0 spiro atoms. The molecular weight excluding hydrogens is 1110 g/mol. The normalized spacial score (nSPS) is 13.0. The van der Waals surface area contributed by atoms with Crippen LogP contribution in [0.1, 0.15) is 26.3 Å². The Morgan fingerprint density at radius 2 is 0.944 bits per heavy atom. The number of para-hydroxylation sites is 3. The summed E-state index contributed by atoms with van der Waals surface area (Å²) in [6.45, 7) is 6.81. The van der Waals surface area contributed by atoms with Gasteiger partial charge in [-0.2, -0.15) is 0 Å². The molecule has 16 aromatic rings. The Kier molecular flexibility index (Phi) is 11.5. The number of thiophene rings is 1. The Hall–Kier alpha value is -10.4. The molecule has 0 saturated heterocycles. The first-order valence-corrected chi connectivity index (χ1v) is 33.8. The lowest BCUT2D eigenvalue weighted by molar-refractivity contribution is 0.590. The first-order valence-electron chi connectivity index (χ1n) is 31.0. The van der Waals surface area contributed by atoms with Gasteiger partial charge in [0.25, 0.3) is 6.71 Å². The third kappa shape index (κ3) is 7.59. The largest absolute Gasteiger partial charge is 0.315 e. The van der Waals surface area contributed by atoms with Crippen LogP contribution in [0.15, 0.2) is 303 Å². The molecule has 5 heterocycles. The fourth-order valence-electron chi connectivity index (χ4n) is 15.5. The number of rotatable bonds is 9. The molecule has 2 aliphatic rings. The zero-order valence-corrected chi connectivity index (χ0v) is 51.5. The van der Waals surface area contributed by atoms with E-state index in [0.717, 1.165) is 34.1 Å². The molecule has 7 heteroatoms. The molecule has 0 bridgehead atoms. The summed E-state index contributed by atoms with van der Waals surface area (Å²) in [5.41, 5.74) is 16.6. The highest BCUT2D eigenvalue weighted by Gasteiger charge is 2.50. The molecule has 0 aliphatic carbocycles. The van der Waals surface area contributed by atoms with E-state index < -0.39 is 8.07 Å². The second kappa shape index (κ2) is 19.8. The minimum atomic E-state index is -3.28. The minimum Gasteiger partial charge on any atom is -0.315 e. The SMILES string of the molecule is CC(C)(C)c1ccc(N2c3cc([Si](c4ccccc4)(c4ccccc4)c4ccccc4)cc4c3B(c3ccc(N(c5ccccc5)c5ccccc5)cc3N4c3cccc4c3c3cccc5ccn4c53)c3sc4c5ccccc5c5ccccc5c4c32)cc1. The summed E-state index contributed by atoms with van der Waals surface area (Å²) in [5.74, 6) is 0. The molecule has 0 fully saturated rings. The molecule has 89 heavy (non-hydrogen) atoms. The number of aromatic nitrogens is 1. The van der Waals surface area contributed by atoms with Crippen LogP contribution in [0.25, 0.3) is 58.8 Å². The second-order valence-electron chi connectivity index (χ2n) is 25.1. The highest BCUT2D eigenvalue weighted by atomic mass is 32.1. The molecule has 18 rings (SSSR count). The molecule has 0 saturated carbocycles. The van der Waals surface area contributed by atoms with Gasteiger partial charge in [0.05, 0.1) is 22.4 Å². The smallest absolute Gasteiger partial charge is 0.264 e. The van der Waals surface area contributed by atoms with Crippen LogP contribution in [0.4, 0.5) is 51.2 Å². The molecule has 0 radical (unpaired) electrons. The lowest BCUT2D eigenvalue weighted by atomic mass is 9.36. The van der Waals surface area contributed by atoms with Gasteiger partial charge in [-0.3, -0.25) is 0 Å². The molecule has 2 aliphatic heterocycles. The fraction of sp³-hybridized carbons (Fsp3) is 0.0488. The quantitative estimate of drug-likeness (QED) is 0.0813. The monoisotopic (exact) mass is 1170 g/mol. The Morgan fingerprint density at radius 3 is 1.56 bits per heavy atom. The van der Waals surface area contributed by atoms with Crippen LogP contribution in [0.5, 0.6) is 0 Å². The van der Waals surface area contributed by atoms with Crippen molar-refractivity contribution in [2.75, 3.05) is 14.7 Å². The Labute approximate surface area is 523 Å². The Morgan fingerprint density at radius 1 is 0.404 bits per heavy atom. The van der Waals surface area contributed by atoms with E-state index in [4.69, 9.17) is 0 Å². The van der Waals surface area contributed by atoms with Crippen molar-refractivity contribution in [3.05, 3.63) is 309 Å². The van der Waals surface area contributed by atoms with Crippen LogP contribution in [-0.2, 0) is 5.41 Å². The maximum atomic E-state index is 2.72. The summed E-state index contributed by atoms with van der Waals surface area (Å²) < 4.78 is 5.08. The van der Waals surface area contributed by atoms with Crippen LogP contribution in [0.3, 0.4) is 0 Å². The summed E-state index contributed by atoms with van der Waals surface area (Å²) in [4.78, 5) is 7.86. The topological polar surface area (TPSA) is 14.1 Å². The maximum absolute atomic E-state index is 3.28. The lowest BCUT2D eigenvalue weighted by Gasteiger charge is -2.45. The standard InChI is InChI=1S/C82H59BN4SSi/c1-82(2,3)55-43-45-58(46-44-55)86-73-52-63(89(60-30-13-6-14-31-60,61-32-15-7-16-33-61)62-34-17-8-18-35-62)53-74-77(73)83(81-79(86)76-66-38-21-19-36-64(66)65-37-20-22-39-67(65)80(76)88-81)69-48-47-59(85(56-26-9-4-10-27-56)57-28-11-5-12-29-57)51-72(69)87(74)71-42-24-41-70-75(71)68-40-23-25-54-49-50-84(70)78(54)68/h4-53H,1-3H3. The van der Waals surface area contributed by atoms with Crippen molar-refractivity contribution >= 4 is 173 Å². The van der Waals surface area contributed by atoms with Crippen molar-refractivity contribution in [2.45, 2.75) is 26.2 Å². The highest BCUT2D eigenvalue weighted by molar-refractivity contribution is 7.34. The van der Waals surface area contributed by atoms with E-state index in [1.54, 1.807) is 0 Å². The fourth-order valence-corrected chi connectivity index (χ4v) is 21.8. The molecule has 0 atom stereocenters. The van der Waals surface area contributed by atoms with Gasteiger partial charge in [0, 0.05) is 82.4 Å². The van der Waals surface area contributed by atoms with E-state index in [2.05, 4.69) is 343 Å². The molecule has 0 N–H and O–H groups in total. The van der Waals surface area contributed by atoms with Gasteiger partial charge in [-0.05, 0) is 138 Å². The zero-order valence-electron chi connectivity index (χ0n) is 49.6. The molecular formula is C82H59BN4SSi. The molecule has 0 unspecified atom stereocenters. The maximum Gasteiger partial charge on any atom is 0.264 e. The summed E-state index contributed by atoms with van der Waals surface area (Å²) >= 11 is 2.00. The van der Waals surface area contributed by atoms with Crippen molar-refractivity contribution in [1.29, 1.82) is 0 Å². The summed E-state index contributed by atoms with van der Waals surface area (Å²) in [5, 5.41) is 15.4. The van der Waals surface area contributed by atoms with Crippen molar-refractivity contribution in [3.63, 3.8) is 0 Å². The van der Waals surface area contributed by atoms with Gasteiger partial charge in [0.2, 0.25) is 0 Å². The van der Waals surface area contributed by atoms with E-state index in [1.165, 1.54) is 118 Å². The van der Waals surface area contributed by atoms with E-state index in [0.29, 0.717) is 0 Å². The predicted octanol–water partition coefficient (Wildman–Crippen LogP) is 17.4. The van der Waals surface area contributed by atoms with Gasteiger partial charge in [0.1, 0.15) is 0 Å². The average molecular weight is 1170 g/mol. The lowest BCUT2D eigenvalue weighted by Crippen LogP contribution is -2.75. The summed E-state index contributed by atoms with van der Waals surface area (Å²) in [6, 6.07) is 113. The number of benzene rings is 13. The third-order valence-electron chi connectivity index (χ3n) is 19.4. The molecule has 4 nitrogen and oxygen atoms in total. The van der Waals surface area contributed by atoms with E-state index >= 15 is 0 Å². The highest BCUT2D eigenvalue weighted by Crippen LogP contribution is 2.53. The number of hydrogen-bond acceptors (Lipinski definition) is 4. The van der Waals surface area contributed by atoms with Crippen molar-refractivity contribution in [3.8, 4) is 0 Å². The van der Waals surface area contributed by atoms with E-state index in [9.17, 15) is 0 Å². The Balaban J connectivity index is 1.06. The zero-order chi connectivity index (χ0) is 59.1. The van der Waals surface area contributed by atoms with Crippen LogP contribution < -0.4 is 51.1 Å². The van der Waals surface area contributed by atoms with E-state index in [-0.39, 0.29) is 12.1 Å². The number of anilines is 9. The van der Waals surface area contributed by atoms with Gasteiger partial charge < -0.3 is 19.1 Å². The van der Waals surface area contributed by atoms with Crippen LogP contribution >= 0.6 is 11.3 Å². The average Bonchev–Trinajstić information content (AvgIpc) is 1.69. The minimum absolute atomic E-state index is 0.0486. The third-order valence-corrected chi connectivity index (χ3v) is 25.4. The van der Waals surface area contributed by atoms with Gasteiger partial charge in [-0.1, -0.05) is 239 Å². The van der Waals surface area contributed by atoms with Crippen LogP contribution in [0.2, 0.25) is 0 Å². The van der Waals surface area contributed by atoms with Crippen LogP contribution in [-0.4, -0.2) is 19.2 Å². The first-order chi connectivity index (χ1) is 43.8. The molecule has 420 valence electrons. The van der Waals surface area contributed by atoms with Gasteiger partial charge in [-0.25, -0.2) is 0 Å². The van der Waals surface area contributed by atoms with Gasteiger partial charge >= 0.3 is 0 Å². The molecule has 0 amide bonds. The predicted molar refractivity (Wildman–Crippen MR) is 385 cm³/mol. The number of fused-ring (bicyclic) bond motifs is 14. The summed E-state index contributed by atoms with van der Waals surface area (Å²) in [6.07, 6.45) is 2.26. The Bertz CT molecular complexity index is 5300. The van der Waals surface area contributed by atoms with Gasteiger partial charge in [0.15, 0.2) is 8.07 Å². The summed E-state index contributed by atoms with van der Waals surface area (Å²) in [7, 11) is -3.28. The number of hydrogen-bond donors (Lipinski definition) is 0. The van der Waals surface area contributed by atoms with Crippen molar-refractivity contribution in [1.82, 2.24) is 4.40 Å². The van der Waals surface area contributed by atoms with E-state index in [1.807, 2.05) is 11.3 Å². The van der Waals surface area contributed by atoms with Crippen molar-refractivity contribution < 1.29 is 0 Å².